The number of nitrogens with one attached hydrogen (secondary N) is 1. The first-order valence-corrected chi connectivity index (χ1v) is 9.47. The Balaban J connectivity index is 1.60. The van der Waals surface area contributed by atoms with Gasteiger partial charge in [0.1, 0.15) is 24.1 Å². The van der Waals surface area contributed by atoms with Crippen LogP contribution in [0.25, 0.3) is 0 Å². The number of benzene rings is 1. The molecule has 0 bridgehead atoms. The molecular weight excluding hydrogens is 390 g/mol. The highest BCUT2D eigenvalue weighted by Crippen LogP contribution is 2.44. The zero-order chi connectivity index (χ0) is 20.3. The van der Waals surface area contributed by atoms with Gasteiger partial charge < -0.3 is 33.7 Å². The molecule has 0 spiro atoms. The van der Waals surface area contributed by atoms with Crippen LogP contribution in [0.15, 0.2) is 18.2 Å². The van der Waals surface area contributed by atoms with E-state index in [4.69, 9.17) is 40.0 Å². The second-order valence-corrected chi connectivity index (χ2v) is 8.36. The molecule has 5 atom stereocenters. The number of anilines is 1. The summed E-state index contributed by atoms with van der Waals surface area (Å²) in [5.41, 5.74) is 0.435. The molecule has 9 heteroatoms. The number of carbonyl (C=O) groups excluding carboxylic acids is 1. The number of methoxy groups -OCH3 is 1. The molecule has 0 saturated carbocycles. The Hall–Kier alpha value is -1.42. The third-order valence-electron chi connectivity index (χ3n) is 4.83. The molecule has 1 aromatic rings. The molecule has 28 heavy (non-hydrogen) atoms. The number of fused-ring (bicyclic) bond motifs is 3. The lowest BCUT2D eigenvalue weighted by atomic mass is 9.98. The maximum Gasteiger partial charge on any atom is 0.256 e. The topological polar surface area (TPSA) is 84.5 Å². The maximum absolute atomic E-state index is 13.1. The second kappa shape index (κ2) is 6.83. The van der Waals surface area contributed by atoms with Crippen molar-refractivity contribution in [2.75, 3.05) is 12.4 Å². The fraction of sp³-hybridized carbons (Fsp3) is 0.632. The van der Waals surface area contributed by atoms with E-state index in [0.717, 1.165) is 0 Å². The summed E-state index contributed by atoms with van der Waals surface area (Å²) in [7, 11) is 1.51. The molecule has 3 saturated heterocycles. The maximum atomic E-state index is 13.1. The van der Waals surface area contributed by atoms with Gasteiger partial charge in [0, 0.05) is 5.02 Å². The minimum Gasteiger partial charge on any atom is -0.495 e. The Morgan fingerprint density at radius 2 is 1.68 bits per heavy atom. The lowest BCUT2D eigenvalue weighted by Crippen LogP contribution is -2.58. The smallest absolute Gasteiger partial charge is 0.256 e. The fourth-order valence-electron chi connectivity index (χ4n) is 3.81. The normalized spacial score (nSPS) is 35.1. The monoisotopic (exact) mass is 413 g/mol. The average Bonchev–Trinajstić information content (AvgIpc) is 3.08. The average molecular weight is 414 g/mol. The summed E-state index contributed by atoms with van der Waals surface area (Å²) in [4.78, 5) is 13.1. The molecule has 0 aliphatic carbocycles. The molecule has 3 heterocycles. The SMILES string of the molecule is COc1ccc(Cl)cc1NC(=O)[C@@H]1O[C@H]2OC(C)(C)O[C@@H]2[C@H]2OC(C)(C)O[C@H]21. The van der Waals surface area contributed by atoms with Gasteiger partial charge in [-0.05, 0) is 45.9 Å². The fourth-order valence-corrected chi connectivity index (χ4v) is 3.98. The quantitative estimate of drug-likeness (QED) is 0.815. The summed E-state index contributed by atoms with van der Waals surface area (Å²) in [5, 5.41) is 3.27. The Labute approximate surface area is 168 Å². The predicted molar refractivity (Wildman–Crippen MR) is 99.2 cm³/mol. The van der Waals surface area contributed by atoms with Gasteiger partial charge in [-0.2, -0.15) is 0 Å². The molecule has 8 nitrogen and oxygen atoms in total. The van der Waals surface area contributed by atoms with Crippen molar-refractivity contribution >= 4 is 23.2 Å². The summed E-state index contributed by atoms with van der Waals surface area (Å²) >= 11 is 6.05. The van der Waals surface area contributed by atoms with Crippen LogP contribution in [0.4, 0.5) is 5.69 Å². The van der Waals surface area contributed by atoms with E-state index in [2.05, 4.69) is 5.32 Å². The van der Waals surface area contributed by atoms with Gasteiger partial charge in [0.2, 0.25) is 0 Å². The number of rotatable bonds is 3. The van der Waals surface area contributed by atoms with Crippen LogP contribution >= 0.6 is 11.6 Å². The van der Waals surface area contributed by atoms with Crippen molar-refractivity contribution in [1.29, 1.82) is 0 Å². The molecule has 154 valence electrons. The summed E-state index contributed by atoms with van der Waals surface area (Å²) in [6.45, 7) is 7.15. The van der Waals surface area contributed by atoms with Gasteiger partial charge >= 0.3 is 0 Å². The van der Waals surface area contributed by atoms with Gasteiger partial charge in [-0.15, -0.1) is 0 Å². The Kier molecular flexibility index (Phi) is 4.85. The third kappa shape index (κ3) is 3.60. The van der Waals surface area contributed by atoms with Gasteiger partial charge in [-0.3, -0.25) is 4.79 Å². The van der Waals surface area contributed by atoms with Crippen molar-refractivity contribution in [2.24, 2.45) is 0 Å². The van der Waals surface area contributed by atoms with Crippen LogP contribution in [0.1, 0.15) is 27.7 Å². The molecule has 3 aliphatic heterocycles. The molecule has 1 N–H and O–H groups in total. The van der Waals surface area contributed by atoms with Crippen LogP contribution in [0.3, 0.4) is 0 Å². The second-order valence-electron chi connectivity index (χ2n) is 7.92. The molecule has 3 aliphatic rings. The third-order valence-corrected chi connectivity index (χ3v) is 5.07. The standard InChI is InChI=1S/C19H24ClNO7/c1-18(2)25-12-13(26-18)15-17(28-19(3,4)27-15)24-14(12)16(22)21-10-8-9(20)6-7-11(10)23-5/h6-8,12-15,17H,1-5H3,(H,21,22)/t12-,13+,14-,15-,17+/m1/s1. The molecule has 3 fully saturated rings. The molecule has 4 rings (SSSR count). The highest BCUT2D eigenvalue weighted by atomic mass is 35.5. The summed E-state index contributed by atoms with van der Waals surface area (Å²) in [6.07, 6.45) is -3.36. The molecule has 0 radical (unpaired) electrons. The Bertz CT molecular complexity index is 784. The van der Waals surface area contributed by atoms with Crippen molar-refractivity contribution in [2.45, 2.75) is 70.0 Å². The van der Waals surface area contributed by atoms with Crippen molar-refractivity contribution in [3.8, 4) is 5.75 Å². The van der Waals surface area contributed by atoms with Crippen LogP contribution in [0.2, 0.25) is 5.02 Å². The lowest BCUT2D eigenvalue weighted by molar-refractivity contribution is -0.229. The van der Waals surface area contributed by atoms with E-state index in [1.54, 1.807) is 45.9 Å². The number of carbonyl (C=O) groups is 1. The number of ether oxygens (including phenoxy) is 6. The van der Waals surface area contributed by atoms with E-state index >= 15 is 0 Å². The van der Waals surface area contributed by atoms with Gasteiger partial charge in [0.25, 0.3) is 5.91 Å². The molecule has 0 aromatic heterocycles. The van der Waals surface area contributed by atoms with Gasteiger partial charge in [0.05, 0.1) is 12.8 Å². The molecular formula is C19H24ClNO7. The first-order valence-electron chi connectivity index (χ1n) is 9.10. The summed E-state index contributed by atoms with van der Waals surface area (Å²) in [6, 6.07) is 4.96. The van der Waals surface area contributed by atoms with Crippen LogP contribution in [-0.2, 0) is 28.5 Å². The van der Waals surface area contributed by atoms with Crippen molar-refractivity contribution in [3.63, 3.8) is 0 Å². The van der Waals surface area contributed by atoms with Gasteiger partial charge in [0.15, 0.2) is 24.0 Å². The summed E-state index contributed by atoms with van der Waals surface area (Å²) < 4.78 is 35.0. The highest BCUT2D eigenvalue weighted by Gasteiger charge is 2.62. The largest absolute Gasteiger partial charge is 0.495 e. The van der Waals surface area contributed by atoms with E-state index in [9.17, 15) is 4.79 Å². The molecule has 0 unspecified atom stereocenters. The molecule has 1 amide bonds. The van der Waals surface area contributed by atoms with Crippen LogP contribution in [-0.4, -0.2) is 55.3 Å². The number of hydrogen-bond acceptors (Lipinski definition) is 7. The lowest BCUT2D eigenvalue weighted by Gasteiger charge is -2.36. The minimum absolute atomic E-state index is 0.413. The first-order chi connectivity index (χ1) is 13.1. The van der Waals surface area contributed by atoms with E-state index < -0.39 is 48.2 Å². The minimum atomic E-state index is -0.964. The van der Waals surface area contributed by atoms with E-state index in [1.807, 2.05) is 0 Å². The highest BCUT2D eigenvalue weighted by molar-refractivity contribution is 6.31. The van der Waals surface area contributed by atoms with E-state index in [0.29, 0.717) is 16.5 Å². The number of halogens is 1. The van der Waals surface area contributed by atoms with E-state index in [1.165, 1.54) is 7.11 Å². The first kappa shape index (κ1) is 19.9. The van der Waals surface area contributed by atoms with Gasteiger partial charge in [-0.1, -0.05) is 11.6 Å². The van der Waals surface area contributed by atoms with Gasteiger partial charge in [-0.25, -0.2) is 0 Å². The van der Waals surface area contributed by atoms with Crippen LogP contribution in [0.5, 0.6) is 5.75 Å². The number of hydrogen-bond donors (Lipinski definition) is 1. The van der Waals surface area contributed by atoms with Crippen LogP contribution in [0, 0.1) is 0 Å². The van der Waals surface area contributed by atoms with Crippen molar-refractivity contribution in [3.05, 3.63) is 23.2 Å². The number of amides is 1. The Morgan fingerprint density at radius 3 is 2.39 bits per heavy atom. The summed E-state index contributed by atoms with van der Waals surface area (Å²) in [5.74, 6) is -1.66. The van der Waals surface area contributed by atoms with Crippen molar-refractivity contribution in [1.82, 2.24) is 0 Å². The van der Waals surface area contributed by atoms with Crippen LogP contribution < -0.4 is 10.1 Å². The molecule has 1 aromatic carbocycles. The van der Waals surface area contributed by atoms with E-state index in [-0.39, 0.29) is 0 Å². The predicted octanol–water partition coefficient (Wildman–Crippen LogP) is 2.68. The zero-order valence-electron chi connectivity index (χ0n) is 16.4. The zero-order valence-corrected chi connectivity index (χ0v) is 17.1. The Morgan fingerprint density at radius 1 is 1.04 bits per heavy atom. The van der Waals surface area contributed by atoms with Crippen molar-refractivity contribution < 1.29 is 33.2 Å².